The normalized spacial score (nSPS) is 16.5. The zero-order valence-corrected chi connectivity index (χ0v) is 25.6. The van der Waals surface area contributed by atoms with Gasteiger partial charge in [0, 0.05) is 43.3 Å². The number of carbonyl (C=O) groups excluding carboxylic acids is 1. The van der Waals surface area contributed by atoms with Crippen molar-refractivity contribution in [2.45, 2.75) is 44.1 Å². The summed E-state index contributed by atoms with van der Waals surface area (Å²) in [5.41, 5.74) is 2.10. The largest absolute Gasteiger partial charge is 0.497 e. The summed E-state index contributed by atoms with van der Waals surface area (Å²) < 4.78 is 53.2. The van der Waals surface area contributed by atoms with Crippen molar-refractivity contribution in [3.63, 3.8) is 0 Å². The molecule has 6 rings (SSSR count). The molecule has 1 saturated heterocycles. The number of halogens is 3. The number of likely N-dealkylation sites (tertiary alicyclic amines) is 1. The van der Waals surface area contributed by atoms with Crippen LogP contribution in [0.1, 0.15) is 53.0 Å². The summed E-state index contributed by atoms with van der Waals surface area (Å²) in [6.45, 7) is 0.916. The SMILES string of the molecule is COc1ccc(CNc2nccc(C3CC(c4nccn4-c4cccc(C(F)(F)F)c4)CCN3C(=O)OCc3ccccc3)n2)cc1. The van der Waals surface area contributed by atoms with E-state index >= 15 is 0 Å². The van der Waals surface area contributed by atoms with Crippen LogP contribution in [-0.4, -0.2) is 44.2 Å². The number of imidazole rings is 1. The smallest absolute Gasteiger partial charge is 0.416 e. The lowest BCUT2D eigenvalue weighted by atomic mass is 9.88. The van der Waals surface area contributed by atoms with E-state index in [0.29, 0.717) is 49.1 Å². The molecule has 12 heteroatoms. The van der Waals surface area contributed by atoms with Crippen molar-refractivity contribution >= 4 is 12.0 Å². The van der Waals surface area contributed by atoms with Gasteiger partial charge < -0.3 is 19.4 Å². The van der Waals surface area contributed by atoms with Gasteiger partial charge in [0.2, 0.25) is 5.95 Å². The Morgan fingerprint density at radius 3 is 2.53 bits per heavy atom. The van der Waals surface area contributed by atoms with E-state index in [1.54, 1.807) is 47.3 Å². The zero-order chi connectivity index (χ0) is 32.8. The molecule has 242 valence electrons. The van der Waals surface area contributed by atoms with Gasteiger partial charge >= 0.3 is 12.3 Å². The number of rotatable bonds is 9. The maximum Gasteiger partial charge on any atom is 0.416 e. The average Bonchev–Trinajstić information content (AvgIpc) is 3.60. The van der Waals surface area contributed by atoms with Crippen molar-refractivity contribution in [3.8, 4) is 11.4 Å². The molecule has 3 heterocycles. The Balaban J connectivity index is 1.26. The summed E-state index contributed by atoms with van der Waals surface area (Å²) in [6.07, 6.45) is 0.873. The highest BCUT2D eigenvalue weighted by molar-refractivity contribution is 5.68. The summed E-state index contributed by atoms with van der Waals surface area (Å²) in [5, 5.41) is 3.25. The second-order valence-electron chi connectivity index (χ2n) is 11.2. The molecule has 5 aromatic rings. The number of piperidine rings is 1. The lowest BCUT2D eigenvalue weighted by Gasteiger charge is -2.38. The molecule has 2 aromatic heterocycles. The molecule has 2 unspecified atom stereocenters. The molecular weight excluding hydrogens is 609 g/mol. The Morgan fingerprint density at radius 1 is 0.957 bits per heavy atom. The number of ether oxygens (including phenoxy) is 2. The zero-order valence-electron chi connectivity index (χ0n) is 25.6. The van der Waals surface area contributed by atoms with Crippen LogP contribution in [0.15, 0.2) is 104 Å². The molecule has 2 atom stereocenters. The number of nitrogens with zero attached hydrogens (tertiary/aromatic N) is 5. The second kappa shape index (κ2) is 13.9. The molecule has 47 heavy (non-hydrogen) atoms. The van der Waals surface area contributed by atoms with Crippen LogP contribution in [0.25, 0.3) is 5.69 Å². The van der Waals surface area contributed by atoms with E-state index < -0.39 is 23.9 Å². The molecule has 1 N–H and O–H groups in total. The average molecular weight is 643 g/mol. The van der Waals surface area contributed by atoms with Gasteiger partial charge in [-0.15, -0.1) is 0 Å². The van der Waals surface area contributed by atoms with Crippen molar-refractivity contribution in [1.29, 1.82) is 0 Å². The predicted octanol–water partition coefficient (Wildman–Crippen LogP) is 7.56. The van der Waals surface area contributed by atoms with Gasteiger partial charge in [-0.05, 0) is 60.4 Å². The van der Waals surface area contributed by atoms with Crippen molar-refractivity contribution in [2.75, 3.05) is 19.0 Å². The molecule has 0 saturated carbocycles. The Labute approximate surface area is 270 Å². The summed E-state index contributed by atoms with van der Waals surface area (Å²) >= 11 is 0. The standard InChI is InChI=1S/C35H33F3N6O3/c1-46-29-12-10-24(11-13-29)22-41-33-40-16-14-30(42-33)31-20-26(15-18-44(31)34(45)47-23-25-6-3-2-4-7-25)32-39-17-19-43(32)28-9-5-8-27(21-28)35(36,37)38/h2-14,16-17,19,21,26,31H,15,18,20,22-23H2,1H3,(H,40,41,42). The van der Waals surface area contributed by atoms with Crippen LogP contribution in [0.2, 0.25) is 0 Å². The van der Waals surface area contributed by atoms with Gasteiger partial charge in [-0.25, -0.2) is 19.7 Å². The van der Waals surface area contributed by atoms with E-state index in [-0.39, 0.29) is 12.5 Å². The number of amides is 1. The third kappa shape index (κ3) is 7.54. The van der Waals surface area contributed by atoms with Gasteiger partial charge in [-0.1, -0.05) is 48.5 Å². The van der Waals surface area contributed by atoms with Crippen LogP contribution in [0, 0.1) is 0 Å². The van der Waals surface area contributed by atoms with Crippen LogP contribution in [0.4, 0.5) is 23.9 Å². The van der Waals surface area contributed by atoms with Crippen LogP contribution in [-0.2, 0) is 24.1 Å². The number of benzene rings is 3. The van der Waals surface area contributed by atoms with Crippen LogP contribution >= 0.6 is 0 Å². The van der Waals surface area contributed by atoms with Crippen molar-refractivity contribution in [2.24, 2.45) is 0 Å². The Kier molecular flexibility index (Phi) is 9.37. The third-order valence-electron chi connectivity index (χ3n) is 8.16. The molecule has 0 aliphatic carbocycles. The maximum atomic E-state index is 13.5. The fourth-order valence-electron chi connectivity index (χ4n) is 5.74. The summed E-state index contributed by atoms with van der Waals surface area (Å²) in [4.78, 5) is 28.9. The van der Waals surface area contributed by atoms with Crippen molar-refractivity contribution in [1.82, 2.24) is 24.4 Å². The fraction of sp³-hybridized carbons (Fsp3) is 0.257. The minimum Gasteiger partial charge on any atom is -0.497 e. The fourth-order valence-corrected chi connectivity index (χ4v) is 5.74. The van der Waals surface area contributed by atoms with Gasteiger partial charge in [0.05, 0.1) is 24.4 Å². The molecule has 0 bridgehead atoms. The quantitative estimate of drug-likeness (QED) is 0.177. The summed E-state index contributed by atoms with van der Waals surface area (Å²) in [6, 6.07) is 23.5. The first-order valence-corrected chi connectivity index (χ1v) is 15.2. The molecule has 3 aromatic carbocycles. The Hall–Kier alpha value is -5.39. The van der Waals surface area contributed by atoms with E-state index in [0.717, 1.165) is 29.0 Å². The minimum atomic E-state index is -4.47. The lowest BCUT2D eigenvalue weighted by Crippen LogP contribution is -2.41. The van der Waals surface area contributed by atoms with Crippen LogP contribution < -0.4 is 10.1 Å². The van der Waals surface area contributed by atoms with Crippen LogP contribution in [0.5, 0.6) is 5.75 Å². The first-order chi connectivity index (χ1) is 22.8. The van der Waals surface area contributed by atoms with Crippen molar-refractivity contribution in [3.05, 3.63) is 132 Å². The van der Waals surface area contributed by atoms with E-state index in [9.17, 15) is 18.0 Å². The van der Waals surface area contributed by atoms with E-state index in [1.807, 2.05) is 54.6 Å². The molecule has 1 fully saturated rings. The van der Waals surface area contributed by atoms with E-state index in [4.69, 9.17) is 14.5 Å². The number of carbonyl (C=O) groups is 1. The Bertz CT molecular complexity index is 1800. The summed E-state index contributed by atoms with van der Waals surface area (Å²) in [5.74, 6) is 1.57. The molecule has 1 aliphatic rings. The first-order valence-electron chi connectivity index (χ1n) is 15.2. The van der Waals surface area contributed by atoms with E-state index in [1.165, 1.54) is 6.07 Å². The number of hydrogen-bond donors (Lipinski definition) is 1. The molecular formula is C35H33F3N6O3. The highest BCUT2D eigenvalue weighted by Crippen LogP contribution is 2.40. The van der Waals surface area contributed by atoms with Crippen molar-refractivity contribution < 1.29 is 27.4 Å². The molecule has 9 nitrogen and oxygen atoms in total. The number of alkyl halides is 3. The number of methoxy groups -OCH3 is 1. The van der Waals surface area contributed by atoms with Gasteiger partial charge in [-0.2, -0.15) is 13.2 Å². The van der Waals surface area contributed by atoms with Gasteiger partial charge in [0.15, 0.2) is 0 Å². The highest BCUT2D eigenvalue weighted by Gasteiger charge is 2.37. The van der Waals surface area contributed by atoms with E-state index in [2.05, 4.69) is 15.3 Å². The maximum absolute atomic E-state index is 13.5. The Morgan fingerprint density at radius 2 is 1.77 bits per heavy atom. The number of aromatic nitrogens is 4. The molecule has 0 spiro atoms. The molecule has 0 radical (unpaired) electrons. The van der Waals surface area contributed by atoms with Gasteiger partial charge in [0.25, 0.3) is 0 Å². The molecule has 1 amide bonds. The highest BCUT2D eigenvalue weighted by atomic mass is 19.4. The predicted molar refractivity (Wildman–Crippen MR) is 169 cm³/mol. The summed E-state index contributed by atoms with van der Waals surface area (Å²) in [7, 11) is 1.61. The number of anilines is 1. The van der Waals surface area contributed by atoms with Crippen LogP contribution in [0.3, 0.4) is 0 Å². The number of hydrogen-bond acceptors (Lipinski definition) is 7. The van der Waals surface area contributed by atoms with Gasteiger partial charge in [0.1, 0.15) is 18.2 Å². The first kappa shape index (κ1) is 31.6. The monoisotopic (exact) mass is 642 g/mol. The molecule has 1 aliphatic heterocycles. The minimum absolute atomic E-state index is 0.116. The topological polar surface area (TPSA) is 94.4 Å². The number of nitrogens with one attached hydrogen (secondary N) is 1. The lowest BCUT2D eigenvalue weighted by molar-refractivity contribution is -0.137. The van der Waals surface area contributed by atoms with Gasteiger partial charge in [-0.3, -0.25) is 4.90 Å². The second-order valence-corrected chi connectivity index (χ2v) is 11.2. The third-order valence-corrected chi connectivity index (χ3v) is 8.16.